The van der Waals surface area contributed by atoms with Crippen molar-refractivity contribution in [3.05, 3.63) is 66.0 Å². The third kappa shape index (κ3) is 6.52. The summed E-state index contributed by atoms with van der Waals surface area (Å²) in [5.41, 5.74) is 5.73. The minimum Gasteiger partial charge on any atom is -0.374 e. The number of aromatic nitrogens is 1. The van der Waals surface area contributed by atoms with E-state index < -0.39 is 34.8 Å². The van der Waals surface area contributed by atoms with Gasteiger partial charge in [0.15, 0.2) is 0 Å². The number of rotatable bonds is 9. The second-order valence-electron chi connectivity index (χ2n) is 10.7. The van der Waals surface area contributed by atoms with Crippen molar-refractivity contribution in [1.29, 1.82) is 0 Å². The molecular formula is C28H35N7O5. The zero-order valence-electron chi connectivity index (χ0n) is 22.9. The van der Waals surface area contributed by atoms with Gasteiger partial charge in [-0.05, 0) is 31.5 Å². The van der Waals surface area contributed by atoms with Crippen LogP contribution in [0.4, 0.5) is 4.79 Å². The van der Waals surface area contributed by atoms with Crippen LogP contribution in [-0.4, -0.2) is 82.7 Å². The van der Waals surface area contributed by atoms with E-state index >= 15 is 0 Å². The van der Waals surface area contributed by atoms with Gasteiger partial charge in [0, 0.05) is 44.9 Å². The van der Waals surface area contributed by atoms with Crippen LogP contribution in [0.15, 0.2) is 59.8 Å². The summed E-state index contributed by atoms with van der Waals surface area (Å²) >= 11 is 0. The molecule has 12 nitrogen and oxygen atoms in total. The summed E-state index contributed by atoms with van der Waals surface area (Å²) in [5, 5.41) is 10.5. The van der Waals surface area contributed by atoms with Crippen LogP contribution >= 0.6 is 0 Å². The maximum atomic E-state index is 13.8. The highest BCUT2D eigenvalue weighted by atomic mass is 16.5. The fourth-order valence-electron chi connectivity index (χ4n) is 4.81. The van der Waals surface area contributed by atoms with Gasteiger partial charge in [-0.3, -0.25) is 24.7 Å². The molecule has 0 spiro atoms. The molecule has 12 heteroatoms. The summed E-state index contributed by atoms with van der Waals surface area (Å²) in [7, 11) is 1.60. The minimum atomic E-state index is -1.30. The highest BCUT2D eigenvalue weighted by molar-refractivity contribution is 6.13. The first-order valence-electron chi connectivity index (χ1n) is 13.1. The van der Waals surface area contributed by atoms with E-state index in [1.165, 1.54) is 18.9 Å². The van der Waals surface area contributed by atoms with Gasteiger partial charge in [-0.25, -0.2) is 9.80 Å². The van der Waals surface area contributed by atoms with E-state index in [0.717, 1.165) is 5.56 Å². The Morgan fingerprint density at radius 2 is 1.88 bits per heavy atom. The molecule has 3 heterocycles. The number of nitrogens with two attached hydrogens (primary N) is 1. The van der Waals surface area contributed by atoms with Crippen LogP contribution in [0.3, 0.4) is 0 Å². The number of carbonyl (C=O) groups excluding carboxylic acids is 4. The van der Waals surface area contributed by atoms with Crippen molar-refractivity contribution >= 4 is 29.5 Å². The molecule has 1 aromatic heterocycles. The highest BCUT2D eigenvalue weighted by Gasteiger charge is 2.54. The molecule has 1 fully saturated rings. The van der Waals surface area contributed by atoms with Crippen molar-refractivity contribution in [1.82, 2.24) is 25.5 Å². The van der Waals surface area contributed by atoms with Gasteiger partial charge in [0.25, 0.3) is 5.91 Å². The molecule has 212 valence electrons. The average molecular weight is 550 g/mol. The van der Waals surface area contributed by atoms with E-state index in [0.29, 0.717) is 24.4 Å². The molecule has 2 atom stereocenters. The Morgan fingerprint density at radius 3 is 2.55 bits per heavy atom. The van der Waals surface area contributed by atoms with Gasteiger partial charge in [-0.1, -0.05) is 36.4 Å². The van der Waals surface area contributed by atoms with Crippen molar-refractivity contribution in [2.75, 3.05) is 26.7 Å². The van der Waals surface area contributed by atoms with E-state index in [1.807, 2.05) is 42.5 Å². The number of nitrogens with zero attached hydrogens (tertiary/aromatic N) is 4. The molecule has 4 N–H and O–H groups in total. The molecule has 0 saturated carbocycles. The van der Waals surface area contributed by atoms with Crippen molar-refractivity contribution in [3.63, 3.8) is 0 Å². The number of amides is 5. The normalized spacial score (nSPS) is 19.5. The number of urea groups is 1. The summed E-state index contributed by atoms with van der Waals surface area (Å²) < 4.78 is 5.80. The molecule has 2 aliphatic heterocycles. The van der Waals surface area contributed by atoms with Gasteiger partial charge in [0.2, 0.25) is 11.8 Å². The summed E-state index contributed by atoms with van der Waals surface area (Å²) in [5.74, 6) is -1.36. The second-order valence-corrected chi connectivity index (χ2v) is 10.7. The molecule has 1 aromatic carbocycles. The van der Waals surface area contributed by atoms with Crippen molar-refractivity contribution < 1.29 is 23.9 Å². The van der Waals surface area contributed by atoms with E-state index in [-0.39, 0.29) is 32.1 Å². The zero-order valence-corrected chi connectivity index (χ0v) is 22.9. The van der Waals surface area contributed by atoms with E-state index in [9.17, 15) is 19.2 Å². The minimum absolute atomic E-state index is 0.0671. The van der Waals surface area contributed by atoms with Crippen LogP contribution < -0.4 is 16.4 Å². The predicted octanol–water partition coefficient (Wildman–Crippen LogP) is 0.819. The monoisotopic (exact) mass is 549 g/mol. The maximum Gasteiger partial charge on any atom is 0.322 e. The Bertz CT molecular complexity index is 1280. The number of hydrazone groups is 1. The third-order valence-electron chi connectivity index (χ3n) is 6.94. The van der Waals surface area contributed by atoms with Gasteiger partial charge in [-0.15, -0.1) is 0 Å². The first kappa shape index (κ1) is 28.8. The average Bonchev–Trinajstić information content (AvgIpc) is 3.17. The number of ether oxygens (including phenoxy) is 1. The van der Waals surface area contributed by atoms with Gasteiger partial charge >= 0.3 is 6.03 Å². The van der Waals surface area contributed by atoms with Gasteiger partial charge in [0.05, 0.1) is 24.5 Å². The second kappa shape index (κ2) is 11.9. The van der Waals surface area contributed by atoms with Crippen molar-refractivity contribution in [2.24, 2.45) is 16.3 Å². The van der Waals surface area contributed by atoms with E-state index in [4.69, 9.17) is 10.5 Å². The zero-order chi connectivity index (χ0) is 28.9. The predicted molar refractivity (Wildman–Crippen MR) is 147 cm³/mol. The topological polar surface area (TPSA) is 159 Å². The molecule has 2 aliphatic rings. The standard InChI is InChI=1S/C28H35N7O5/c1-27(2,29)24(37)32-26(39)31-21(17-40-16-19-9-5-4-6-10-19)23(36)35-14-12-22-28(18-35,25(38)34(3)33-22)15-20-11-7-8-13-30-20/h4-11,13,21H,12,14-18,29H2,1-3H3,(H2,31,32,37,39). The smallest absolute Gasteiger partial charge is 0.322 e. The number of carbonyl (C=O) groups is 4. The van der Waals surface area contributed by atoms with Crippen LogP contribution in [0.25, 0.3) is 0 Å². The molecule has 4 rings (SSSR count). The maximum absolute atomic E-state index is 13.8. The van der Waals surface area contributed by atoms with Crippen LogP contribution in [-0.2, 0) is 32.1 Å². The number of piperidine rings is 1. The summed E-state index contributed by atoms with van der Waals surface area (Å²) in [4.78, 5) is 58.1. The molecule has 1 saturated heterocycles. The molecule has 0 aliphatic carbocycles. The number of likely N-dealkylation sites (tertiary alicyclic amines) is 1. The highest BCUT2D eigenvalue weighted by Crippen LogP contribution is 2.38. The van der Waals surface area contributed by atoms with Crippen LogP contribution in [0.1, 0.15) is 31.5 Å². The SMILES string of the molecule is CN1N=C2CCN(C(=O)C(COCc3ccccc3)NC(=O)NC(=O)C(C)(C)N)CC2(Cc2ccccn2)C1=O. The molecule has 5 amide bonds. The molecule has 2 aromatic rings. The number of nitrogens with one attached hydrogen (secondary N) is 2. The Labute approximate surface area is 232 Å². The van der Waals surface area contributed by atoms with Crippen molar-refractivity contribution in [2.45, 2.75) is 44.9 Å². The third-order valence-corrected chi connectivity index (χ3v) is 6.94. The fourth-order valence-corrected chi connectivity index (χ4v) is 4.81. The van der Waals surface area contributed by atoms with Crippen LogP contribution in [0.5, 0.6) is 0 Å². The van der Waals surface area contributed by atoms with Crippen LogP contribution in [0, 0.1) is 5.41 Å². The number of benzene rings is 1. The Kier molecular flexibility index (Phi) is 8.60. The van der Waals surface area contributed by atoms with Gasteiger partial charge < -0.3 is 20.7 Å². The first-order chi connectivity index (χ1) is 19.0. The van der Waals surface area contributed by atoms with Crippen molar-refractivity contribution in [3.8, 4) is 0 Å². The lowest BCUT2D eigenvalue weighted by Crippen LogP contribution is -2.61. The molecular weight excluding hydrogens is 514 g/mol. The molecule has 40 heavy (non-hydrogen) atoms. The largest absolute Gasteiger partial charge is 0.374 e. The van der Waals surface area contributed by atoms with Gasteiger partial charge in [-0.2, -0.15) is 5.10 Å². The summed E-state index contributed by atoms with van der Waals surface area (Å²) in [6, 6.07) is 12.9. The van der Waals surface area contributed by atoms with E-state index in [2.05, 4.69) is 20.7 Å². The Morgan fingerprint density at radius 1 is 1.15 bits per heavy atom. The Hall–Kier alpha value is -4.16. The quantitative estimate of drug-likeness (QED) is 0.418. The molecule has 2 unspecified atom stereocenters. The Balaban J connectivity index is 1.53. The summed E-state index contributed by atoms with van der Waals surface area (Å²) in [6.07, 6.45) is 2.32. The summed E-state index contributed by atoms with van der Waals surface area (Å²) in [6.45, 7) is 3.36. The number of fused-ring (bicyclic) bond motifs is 1. The number of pyridine rings is 1. The number of hydrogen-bond donors (Lipinski definition) is 3. The molecule has 0 bridgehead atoms. The van der Waals surface area contributed by atoms with Crippen LogP contribution in [0.2, 0.25) is 0 Å². The molecule has 0 radical (unpaired) electrons. The lowest BCUT2D eigenvalue weighted by molar-refractivity contribution is -0.141. The number of hydrogen-bond acceptors (Lipinski definition) is 8. The lowest BCUT2D eigenvalue weighted by atomic mass is 9.74. The van der Waals surface area contributed by atoms with Gasteiger partial charge in [0.1, 0.15) is 11.5 Å². The lowest BCUT2D eigenvalue weighted by Gasteiger charge is -2.40. The fraction of sp³-hybridized carbons (Fsp3) is 0.429. The first-order valence-corrected chi connectivity index (χ1v) is 13.1. The van der Waals surface area contributed by atoms with E-state index in [1.54, 1.807) is 24.2 Å². The number of imide groups is 1.